The van der Waals surface area contributed by atoms with E-state index in [9.17, 15) is 13.2 Å². The molecular weight excluding hydrogens is 257 g/mol. The number of nitrogens with two attached hydrogens (primary N) is 1. The van der Waals surface area contributed by atoms with E-state index in [0.717, 1.165) is 6.07 Å². The minimum Gasteiger partial charge on any atom is -0.489 e. The highest BCUT2D eigenvalue weighted by Crippen LogP contribution is 2.36. The summed E-state index contributed by atoms with van der Waals surface area (Å²) in [6.07, 6.45) is -2.19. The van der Waals surface area contributed by atoms with E-state index < -0.39 is 16.9 Å². The van der Waals surface area contributed by atoms with Gasteiger partial charge in [0.2, 0.25) is 0 Å². The number of nitrogens with zero attached hydrogens (tertiary/aromatic N) is 1. The predicted molar refractivity (Wildman–Crippen MR) is 55.9 cm³/mol. The number of pyridine rings is 1. The third kappa shape index (κ3) is 2.81. The smallest absolute Gasteiger partial charge is 0.419 e. The van der Waals surface area contributed by atoms with Crippen LogP contribution in [0.5, 0.6) is 5.75 Å². The zero-order valence-electron chi connectivity index (χ0n) is 8.67. The molecule has 0 aliphatic heterocycles. The molecular formula is C10H10ClF3N2O. The van der Waals surface area contributed by atoms with Crippen molar-refractivity contribution in [3.8, 4) is 5.75 Å². The van der Waals surface area contributed by atoms with E-state index in [4.69, 9.17) is 22.1 Å². The Morgan fingerprint density at radius 2 is 2.06 bits per heavy atom. The van der Waals surface area contributed by atoms with Gasteiger partial charge in [-0.2, -0.15) is 13.2 Å². The van der Waals surface area contributed by atoms with Crippen LogP contribution in [-0.4, -0.2) is 17.1 Å². The number of ether oxygens (including phenoxy) is 1. The van der Waals surface area contributed by atoms with Gasteiger partial charge in [0.1, 0.15) is 17.0 Å². The number of aromatic nitrogens is 1. The van der Waals surface area contributed by atoms with Gasteiger partial charge in [-0.3, -0.25) is 0 Å². The molecule has 7 heteroatoms. The molecule has 3 nitrogen and oxygen atoms in total. The minimum atomic E-state index is -4.53. The maximum atomic E-state index is 12.5. The second-order valence-corrected chi connectivity index (χ2v) is 4.34. The van der Waals surface area contributed by atoms with Gasteiger partial charge in [-0.25, -0.2) is 4.98 Å². The summed E-state index contributed by atoms with van der Waals surface area (Å²) >= 11 is 5.38. The first kappa shape index (κ1) is 12.4. The quantitative estimate of drug-likeness (QED) is 0.837. The third-order valence-corrected chi connectivity index (χ3v) is 2.85. The Morgan fingerprint density at radius 1 is 1.41 bits per heavy atom. The molecule has 1 aromatic rings. The first-order valence-electron chi connectivity index (χ1n) is 5.01. The standard InChI is InChI=1S/C10H10ClF3N2O/c11-9-8(10(12,13)14)3-7(4-16-9)17-6-1-5(15)2-6/h3-6H,1-2,15H2/t5-,6-. The normalized spacial score (nSPS) is 24.3. The molecule has 0 spiro atoms. The van der Waals surface area contributed by atoms with Crippen LogP contribution in [-0.2, 0) is 6.18 Å². The van der Waals surface area contributed by atoms with E-state index in [1.165, 1.54) is 6.20 Å². The van der Waals surface area contributed by atoms with Crippen molar-refractivity contribution < 1.29 is 17.9 Å². The Balaban J connectivity index is 2.14. The fourth-order valence-corrected chi connectivity index (χ4v) is 1.80. The van der Waals surface area contributed by atoms with Gasteiger partial charge in [-0.15, -0.1) is 0 Å². The van der Waals surface area contributed by atoms with E-state index in [-0.39, 0.29) is 17.9 Å². The first-order valence-corrected chi connectivity index (χ1v) is 5.39. The lowest BCUT2D eigenvalue weighted by atomic mass is 9.90. The molecule has 0 unspecified atom stereocenters. The molecule has 1 fully saturated rings. The monoisotopic (exact) mass is 266 g/mol. The van der Waals surface area contributed by atoms with E-state index >= 15 is 0 Å². The van der Waals surface area contributed by atoms with Crippen LogP contribution in [0.3, 0.4) is 0 Å². The van der Waals surface area contributed by atoms with E-state index in [1.54, 1.807) is 0 Å². The van der Waals surface area contributed by atoms with Crippen LogP contribution >= 0.6 is 11.6 Å². The summed E-state index contributed by atoms with van der Waals surface area (Å²) in [6.45, 7) is 0. The maximum Gasteiger partial charge on any atom is 0.419 e. The molecule has 0 bridgehead atoms. The van der Waals surface area contributed by atoms with Gasteiger partial charge in [0.15, 0.2) is 0 Å². The number of alkyl halides is 3. The molecule has 1 aliphatic carbocycles. The molecule has 1 heterocycles. The Hall–Kier alpha value is -1.01. The number of hydrogen-bond acceptors (Lipinski definition) is 3. The molecule has 1 saturated carbocycles. The van der Waals surface area contributed by atoms with Gasteiger partial charge in [0.25, 0.3) is 0 Å². The average Bonchev–Trinajstić information content (AvgIpc) is 2.16. The molecule has 0 radical (unpaired) electrons. The summed E-state index contributed by atoms with van der Waals surface area (Å²) in [5.74, 6) is 0.0682. The second-order valence-electron chi connectivity index (χ2n) is 3.98. The van der Waals surface area contributed by atoms with Gasteiger partial charge in [0.05, 0.1) is 11.8 Å². The molecule has 2 rings (SSSR count). The SMILES string of the molecule is N[C@H]1C[C@H](Oc2cnc(Cl)c(C(F)(F)F)c2)C1. The number of rotatable bonds is 2. The van der Waals surface area contributed by atoms with Gasteiger partial charge in [-0.1, -0.05) is 11.6 Å². The Labute approximate surface area is 101 Å². The lowest BCUT2D eigenvalue weighted by molar-refractivity contribution is -0.137. The van der Waals surface area contributed by atoms with E-state index in [2.05, 4.69) is 4.98 Å². The number of halogens is 4. The molecule has 94 valence electrons. The molecule has 1 aliphatic rings. The van der Waals surface area contributed by atoms with E-state index in [1.807, 2.05) is 0 Å². The molecule has 0 saturated heterocycles. The highest BCUT2D eigenvalue weighted by atomic mass is 35.5. The van der Waals surface area contributed by atoms with Crippen LogP contribution in [0.4, 0.5) is 13.2 Å². The Bertz CT molecular complexity index is 419. The summed E-state index contributed by atoms with van der Waals surface area (Å²) in [5.41, 5.74) is 4.56. The molecule has 2 N–H and O–H groups in total. The van der Waals surface area contributed by atoms with Crippen molar-refractivity contribution in [3.63, 3.8) is 0 Å². The topological polar surface area (TPSA) is 48.1 Å². The average molecular weight is 267 g/mol. The van der Waals surface area contributed by atoms with Gasteiger partial charge in [0, 0.05) is 6.04 Å². The molecule has 1 aromatic heterocycles. The fraction of sp³-hybridized carbons (Fsp3) is 0.500. The van der Waals surface area contributed by atoms with Crippen LogP contribution in [0.25, 0.3) is 0 Å². The van der Waals surface area contributed by atoms with Crippen molar-refractivity contribution in [3.05, 3.63) is 23.0 Å². The third-order valence-electron chi connectivity index (χ3n) is 2.55. The van der Waals surface area contributed by atoms with Crippen molar-refractivity contribution in [2.24, 2.45) is 5.73 Å². The summed E-state index contributed by atoms with van der Waals surface area (Å²) < 4.78 is 42.9. The summed E-state index contributed by atoms with van der Waals surface area (Å²) in [5, 5.41) is -0.574. The molecule has 0 amide bonds. The van der Waals surface area contributed by atoms with Crippen LogP contribution in [0.2, 0.25) is 5.15 Å². The van der Waals surface area contributed by atoms with Crippen LogP contribution in [0.1, 0.15) is 18.4 Å². The van der Waals surface area contributed by atoms with Crippen molar-refractivity contribution in [1.82, 2.24) is 4.98 Å². The zero-order valence-corrected chi connectivity index (χ0v) is 9.42. The summed E-state index contributed by atoms with van der Waals surface area (Å²) in [4.78, 5) is 3.47. The van der Waals surface area contributed by atoms with Gasteiger partial charge >= 0.3 is 6.18 Å². The summed E-state index contributed by atoms with van der Waals surface area (Å²) in [7, 11) is 0. The van der Waals surface area contributed by atoms with Crippen molar-refractivity contribution in [1.29, 1.82) is 0 Å². The highest BCUT2D eigenvalue weighted by molar-refractivity contribution is 6.30. The molecule has 0 atom stereocenters. The first-order chi connectivity index (χ1) is 7.86. The molecule has 0 aromatic carbocycles. The van der Waals surface area contributed by atoms with Crippen LogP contribution in [0, 0.1) is 0 Å². The molecule has 17 heavy (non-hydrogen) atoms. The zero-order chi connectivity index (χ0) is 12.6. The van der Waals surface area contributed by atoms with Crippen molar-refractivity contribution >= 4 is 11.6 Å². The van der Waals surface area contributed by atoms with Crippen molar-refractivity contribution in [2.45, 2.75) is 31.2 Å². The largest absolute Gasteiger partial charge is 0.489 e. The highest BCUT2D eigenvalue weighted by Gasteiger charge is 2.35. The van der Waals surface area contributed by atoms with Crippen molar-refractivity contribution in [2.75, 3.05) is 0 Å². The van der Waals surface area contributed by atoms with Gasteiger partial charge in [-0.05, 0) is 18.9 Å². The van der Waals surface area contributed by atoms with E-state index in [0.29, 0.717) is 12.8 Å². The minimum absolute atomic E-state index is 0.0682. The van der Waals surface area contributed by atoms with Gasteiger partial charge < -0.3 is 10.5 Å². The number of hydrogen-bond donors (Lipinski definition) is 1. The second kappa shape index (κ2) is 4.34. The van der Waals surface area contributed by atoms with Crippen LogP contribution in [0.15, 0.2) is 12.3 Å². The maximum absolute atomic E-state index is 12.5. The Morgan fingerprint density at radius 3 is 2.59 bits per heavy atom. The van der Waals surface area contributed by atoms with Crippen LogP contribution < -0.4 is 10.5 Å². The Kier molecular flexibility index (Phi) is 3.18. The predicted octanol–water partition coefficient (Wildman–Crippen LogP) is 2.62. The fourth-order valence-electron chi connectivity index (χ4n) is 1.59. The lowest BCUT2D eigenvalue weighted by Crippen LogP contribution is -2.43. The summed E-state index contributed by atoms with van der Waals surface area (Å²) in [6, 6.07) is 0.932. The lowest BCUT2D eigenvalue weighted by Gasteiger charge is -2.32.